The van der Waals surface area contributed by atoms with E-state index in [0.717, 1.165) is 29.7 Å². The van der Waals surface area contributed by atoms with E-state index in [9.17, 15) is 16.8 Å². The molecule has 1 heterocycles. The van der Waals surface area contributed by atoms with E-state index in [1.807, 2.05) is 45.2 Å². The van der Waals surface area contributed by atoms with E-state index in [4.69, 9.17) is 9.47 Å². The number of likely N-dealkylation sites (N-methyl/N-ethyl adjacent to an activating group) is 1. The van der Waals surface area contributed by atoms with Crippen molar-refractivity contribution < 1.29 is 26.3 Å². The van der Waals surface area contributed by atoms with Crippen LogP contribution < -0.4 is 9.47 Å². The van der Waals surface area contributed by atoms with Crippen molar-refractivity contribution in [3.05, 3.63) is 58.7 Å². The van der Waals surface area contributed by atoms with Gasteiger partial charge in [0.1, 0.15) is 0 Å². The zero-order valence-corrected chi connectivity index (χ0v) is 23.0. The summed E-state index contributed by atoms with van der Waals surface area (Å²) in [6.07, 6.45) is 1.44. The molecular formula is C26H37NO6S2. The minimum Gasteiger partial charge on any atom is -0.493 e. The Bertz CT molecular complexity index is 1220. The third kappa shape index (κ3) is 5.52. The quantitative estimate of drug-likeness (QED) is 0.469. The van der Waals surface area contributed by atoms with E-state index in [0.29, 0.717) is 30.0 Å². The molecule has 1 aliphatic rings. The summed E-state index contributed by atoms with van der Waals surface area (Å²) in [6, 6.07) is 11.1. The fourth-order valence-electron chi connectivity index (χ4n) is 4.80. The molecule has 9 heteroatoms. The number of rotatable bonds is 10. The number of methoxy groups -OCH3 is 2. The molecule has 2 aromatic rings. The van der Waals surface area contributed by atoms with E-state index in [1.54, 1.807) is 26.4 Å². The Labute approximate surface area is 210 Å². The van der Waals surface area contributed by atoms with Crippen LogP contribution in [-0.2, 0) is 30.2 Å². The van der Waals surface area contributed by atoms with Crippen LogP contribution in [0.4, 0.5) is 0 Å². The average Bonchev–Trinajstić information content (AvgIpc) is 2.80. The summed E-state index contributed by atoms with van der Waals surface area (Å²) in [6.45, 7) is 5.15. The summed E-state index contributed by atoms with van der Waals surface area (Å²) in [5.74, 6) is 1.15. The number of benzene rings is 2. The number of ether oxygens (including phenoxy) is 2. The molecule has 0 N–H and O–H groups in total. The SMILES string of the molecule is COc1ccc(CCN(C)CCCC2(c3ccc(C)c(C)c3)S(=O)(=O)CCCS2(=O)=O)cc1OC. The summed E-state index contributed by atoms with van der Waals surface area (Å²) in [5, 5.41) is 0. The van der Waals surface area contributed by atoms with Gasteiger partial charge < -0.3 is 14.4 Å². The molecule has 0 atom stereocenters. The molecule has 3 rings (SSSR count). The predicted octanol–water partition coefficient (Wildman–Crippen LogP) is 3.66. The van der Waals surface area contributed by atoms with Crippen LogP contribution in [0, 0.1) is 13.8 Å². The lowest BCUT2D eigenvalue weighted by Gasteiger charge is -2.37. The molecule has 2 aromatic carbocycles. The highest BCUT2D eigenvalue weighted by atomic mass is 32.3. The zero-order chi connectivity index (χ0) is 25.9. The molecule has 0 amide bonds. The molecule has 1 aliphatic heterocycles. The van der Waals surface area contributed by atoms with Crippen molar-refractivity contribution in [3.63, 3.8) is 0 Å². The van der Waals surface area contributed by atoms with Gasteiger partial charge in [-0.1, -0.05) is 24.3 Å². The minimum absolute atomic E-state index is 0.0564. The number of aryl methyl sites for hydroxylation is 2. The third-order valence-corrected chi connectivity index (χ3v) is 13.1. The van der Waals surface area contributed by atoms with Gasteiger partial charge in [0.15, 0.2) is 35.3 Å². The smallest absolute Gasteiger partial charge is 0.198 e. The normalized spacial score (nSPS) is 18.3. The molecule has 35 heavy (non-hydrogen) atoms. The van der Waals surface area contributed by atoms with E-state index in [2.05, 4.69) is 4.90 Å². The molecule has 7 nitrogen and oxygen atoms in total. The zero-order valence-electron chi connectivity index (χ0n) is 21.3. The predicted molar refractivity (Wildman–Crippen MR) is 140 cm³/mol. The van der Waals surface area contributed by atoms with Crippen LogP contribution in [0.5, 0.6) is 11.5 Å². The van der Waals surface area contributed by atoms with Crippen LogP contribution in [0.1, 0.15) is 41.5 Å². The van der Waals surface area contributed by atoms with Crippen LogP contribution in [-0.4, -0.2) is 67.6 Å². The van der Waals surface area contributed by atoms with Gasteiger partial charge in [-0.05, 0) is 87.5 Å². The van der Waals surface area contributed by atoms with Gasteiger partial charge in [0.25, 0.3) is 0 Å². The number of sulfone groups is 2. The standard InChI is InChI=1S/C26H37NO6S2/c1-20-8-10-23(18-21(20)2)26(34(28,29)16-7-17-35(26,30)31)13-6-14-27(3)15-12-22-9-11-24(32-4)25(19-22)33-5/h8-11,18-19H,6-7,12-17H2,1-5H3. The van der Waals surface area contributed by atoms with Crippen LogP contribution in [0.25, 0.3) is 0 Å². The lowest BCUT2D eigenvalue weighted by molar-refractivity contribution is 0.325. The van der Waals surface area contributed by atoms with E-state index < -0.39 is 23.8 Å². The molecule has 0 aliphatic carbocycles. The fourth-order valence-corrected chi connectivity index (χ4v) is 10.6. The maximum atomic E-state index is 13.4. The summed E-state index contributed by atoms with van der Waals surface area (Å²) in [4.78, 5) is 2.10. The van der Waals surface area contributed by atoms with Crippen molar-refractivity contribution in [2.75, 3.05) is 45.9 Å². The lowest BCUT2D eigenvalue weighted by Crippen LogP contribution is -2.50. The Balaban J connectivity index is 1.76. The largest absolute Gasteiger partial charge is 0.493 e. The Morgan fingerprint density at radius 1 is 0.857 bits per heavy atom. The summed E-state index contributed by atoms with van der Waals surface area (Å²) in [7, 11) is -2.58. The van der Waals surface area contributed by atoms with Gasteiger partial charge in [-0.15, -0.1) is 0 Å². The topological polar surface area (TPSA) is 90.0 Å². The van der Waals surface area contributed by atoms with Gasteiger partial charge in [0.05, 0.1) is 25.7 Å². The van der Waals surface area contributed by atoms with Crippen LogP contribution in [0.2, 0.25) is 0 Å². The molecule has 0 aromatic heterocycles. The maximum Gasteiger partial charge on any atom is 0.198 e. The Morgan fingerprint density at radius 3 is 2.11 bits per heavy atom. The highest BCUT2D eigenvalue weighted by molar-refractivity contribution is 8.10. The fraction of sp³-hybridized carbons (Fsp3) is 0.538. The van der Waals surface area contributed by atoms with Crippen LogP contribution in [0.15, 0.2) is 36.4 Å². The highest BCUT2D eigenvalue weighted by Crippen LogP contribution is 2.45. The molecular weight excluding hydrogens is 486 g/mol. The van der Waals surface area contributed by atoms with Gasteiger partial charge in [-0.25, -0.2) is 16.8 Å². The van der Waals surface area contributed by atoms with Crippen molar-refractivity contribution in [3.8, 4) is 11.5 Å². The molecule has 0 unspecified atom stereocenters. The van der Waals surface area contributed by atoms with Crippen molar-refractivity contribution in [1.82, 2.24) is 4.90 Å². The van der Waals surface area contributed by atoms with Crippen molar-refractivity contribution in [1.29, 1.82) is 0 Å². The lowest BCUT2D eigenvalue weighted by atomic mass is 10.0. The van der Waals surface area contributed by atoms with Gasteiger partial charge in [-0.2, -0.15) is 0 Å². The Hall–Kier alpha value is -2.10. The van der Waals surface area contributed by atoms with Crippen molar-refractivity contribution in [2.24, 2.45) is 0 Å². The molecule has 1 saturated heterocycles. The van der Waals surface area contributed by atoms with E-state index in [-0.39, 0.29) is 24.3 Å². The molecule has 0 bridgehead atoms. The van der Waals surface area contributed by atoms with Gasteiger partial charge in [-0.3, -0.25) is 0 Å². The highest BCUT2D eigenvalue weighted by Gasteiger charge is 2.57. The summed E-state index contributed by atoms with van der Waals surface area (Å²) >= 11 is 0. The van der Waals surface area contributed by atoms with Crippen molar-refractivity contribution in [2.45, 2.75) is 43.6 Å². The molecule has 0 spiro atoms. The first-order valence-electron chi connectivity index (χ1n) is 11.9. The number of hydrogen-bond donors (Lipinski definition) is 0. The van der Waals surface area contributed by atoms with Crippen molar-refractivity contribution >= 4 is 19.7 Å². The van der Waals surface area contributed by atoms with Gasteiger partial charge in [0.2, 0.25) is 0 Å². The second-order valence-electron chi connectivity index (χ2n) is 9.39. The average molecular weight is 524 g/mol. The molecule has 0 saturated carbocycles. The van der Waals surface area contributed by atoms with Gasteiger partial charge in [0, 0.05) is 6.54 Å². The third-order valence-electron chi connectivity index (χ3n) is 7.05. The van der Waals surface area contributed by atoms with Gasteiger partial charge >= 0.3 is 0 Å². The number of hydrogen-bond acceptors (Lipinski definition) is 7. The second-order valence-corrected chi connectivity index (χ2v) is 14.3. The first kappa shape index (κ1) is 27.5. The monoisotopic (exact) mass is 523 g/mol. The molecule has 1 fully saturated rings. The maximum absolute atomic E-state index is 13.4. The van der Waals surface area contributed by atoms with E-state index in [1.165, 1.54) is 0 Å². The Morgan fingerprint density at radius 2 is 1.51 bits per heavy atom. The minimum atomic E-state index is -3.88. The Kier molecular flexibility index (Phi) is 8.55. The summed E-state index contributed by atoms with van der Waals surface area (Å²) < 4.78 is 62.4. The van der Waals surface area contributed by atoms with Crippen LogP contribution >= 0.6 is 0 Å². The first-order valence-corrected chi connectivity index (χ1v) is 15.2. The van der Waals surface area contributed by atoms with Crippen LogP contribution in [0.3, 0.4) is 0 Å². The van der Waals surface area contributed by atoms with E-state index >= 15 is 0 Å². The molecule has 194 valence electrons. The summed E-state index contributed by atoms with van der Waals surface area (Å²) in [5.41, 5.74) is 3.38. The molecule has 0 radical (unpaired) electrons. The first-order chi connectivity index (χ1) is 16.5. The second kappa shape index (κ2) is 10.9. The number of nitrogens with zero attached hydrogens (tertiary/aromatic N) is 1.